The van der Waals surface area contributed by atoms with Gasteiger partial charge in [-0.1, -0.05) is 12.1 Å². The molecule has 0 aromatic heterocycles. The van der Waals surface area contributed by atoms with E-state index >= 15 is 0 Å². The number of rotatable bonds is 5. The van der Waals surface area contributed by atoms with Crippen molar-refractivity contribution in [1.82, 2.24) is 4.90 Å². The highest BCUT2D eigenvalue weighted by molar-refractivity contribution is 5.26. The first-order chi connectivity index (χ1) is 9.17. The molecule has 0 spiro atoms. The van der Waals surface area contributed by atoms with Gasteiger partial charge in [0.25, 0.3) is 0 Å². The van der Waals surface area contributed by atoms with Crippen LogP contribution in [0.4, 0.5) is 0 Å². The Hall–Kier alpha value is -1.10. The maximum absolute atomic E-state index is 8.97. The molecular formula is C15H23NO3. The molecule has 0 aliphatic carbocycles. The van der Waals surface area contributed by atoms with Crippen LogP contribution >= 0.6 is 0 Å². The molecule has 106 valence electrons. The molecule has 1 heterocycles. The van der Waals surface area contributed by atoms with Crippen LogP contribution < -0.4 is 4.74 Å². The third kappa shape index (κ3) is 4.49. The molecule has 2 atom stereocenters. The van der Waals surface area contributed by atoms with E-state index in [0.29, 0.717) is 18.8 Å². The fraction of sp³-hybridized carbons (Fsp3) is 0.600. The summed E-state index contributed by atoms with van der Waals surface area (Å²) in [7, 11) is 0. The number of aliphatic hydroxyl groups is 1. The number of nitrogens with zero attached hydrogens (tertiary/aromatic N) is 1. The maximum Gasteiger partial charge on any atom is 0.119 e. The first-order valence-corrected chi connectivity index (χ1v) is 6.88. The Balaban J connectivity index is 1.73. The van der Waals surface area contributed by atoms with E-state index in [9.17, 15) is 0 Å². The number of hydrogen-bond donors (Lipinski definition) is 1. The number of morpholine rings is 1. The summed E-state index contributed by atoms with van der Waals surface area (Å²) in [5, 5.41) is 8.97. The van der Waals surface area contributed by atoms with Crippen LogP contribution in [0.3, 0.4) is 0 Å². The van der Waals surface area contributed by atoms with E-state index in [2.05, 4.69) is 18.7 Å². The minimum absolute atomic E-state index is 0.0732. The quantitative estimate of drug-likeness (QED) is 0.879. The predicted octanol–water partition coefficient (Wildman–Crippen LogP) is 1.67. The van der Waals surface area contributed by atoms with Crippen molar-refractivity contribution in [3.63, 3.8) is 0 Å². The Kier molecular flexibility index (Phi) is 5.19. The van der Waals surface area contributed by atoms with Crippen molar-refractivity contribution in [3.05, 3.63) is 29.8 Å². The molecular weight excluding hydrogens is 242 g/mol. The predicted molar refractivity (Wildman–Crippen MR) is 74.3 cm³/mol. The van der Waals surface area contributed by atoms with Gasteiger partial charge >= 0.3 is 0 Å². The summed E-state index contributed by atoms with van der Waals surface area (Å²) < 4.78 is 11.4. The topological polar surface area (TPSA) is 41.9 Å². The van der Waals surface area contributed by atoms with Crippen molar-refractivity contribution in [3.8, 4) is 5.75 Å². The van der Waals surface area contributed by atoms with Crippen LogP contribution in [-0.2, 0) is 11.3 Å². The molecule has 0 saturated carbocycles. The van der Waals surface area contributed by atoms with Gasteiger partial charge in [0.15, 0.2) is 0 Å². The van der Waals surface area contributed by atoms with Gasteiger partial charge in [0.05, 0.1) is 18.8 Å². The lowest BCUT2D eigenvalue weighted by Crippen LogP contribution is -2.46. The second-order valence-electron chi connectivity index (χ2n) is 5.17. The van der Waals surface area contributed by atoms with Gasteiger partial charge in [0.1, 0.15) is 12.4 Å². The Morgan fingerprint density at radius 1 is 1.21 bits per heavy atom. The molecule has 1 aromatic carbocycles. The Morgan fingerprint density at radius 3 is 2.42 bits per heavy atom. The lowest BCUT2D eigenvalue weighted by Gasteiger charge is -2.35. The maximum atomic E-state index is 8.97. The summed E-state index contributed by atoms with van der Waals surface area (Å²) in [6, 6.07) is 7.56. The molecule has 4 nitrogen and oxygen atoms in total. The van der Waals surface area contributed by atoms with E-state index in [1.165, 1.54) is 0 Å². The van der Waals surface area contributed by atoms with Crippen molar-refractivity contribution >= 4 is 0 Å². The summed E-state index contributed by atoms with van der Waals surface area (Å²) in [6.45, 7) is 7.82. The highest BCUT2D eigenvalue weighted by Gasteiger charge is 2.21. The summed E-state index contributed by atoms with van der Waals surface area (Å²) in [5.41, 5.74) is 0.906. The van der Waals surface area contributed by atoms with E-state index in [-0.39, 0.29) is 6.61 Å². The van der Waals surface area contributed by atoms with E-state index in [4.69, 9.17) is 14.6 Å². The summed E-state index contributed by atoms with van der Waals surface area (Å²) >= 11 is 0. The molecule has 0 amide bonds. The second kappa shape index (κ2) is 6.89. The fourth-order valence-electron chi connectivity index (χ4n) is 2.45. The van der Waals surface area contributed by atoms with Crippen molar-refractivity contribution in [2.24, 2.45) is 0 Å². The minimum atomic E-state index is 0.0732. The number of hydrogen-bond acceptors (Lipinski definition) is 4. The lowest BCUT2D eigenvalue weighted by molar-refractivity contribution is -0.0699. The molecule has 1 aromatic rings. The van der Waals surface area contributed by atoms with Crippen LogP contribution in [0.25, 0.3) is 0 Å². The molecule has 2 rings (SSSR count). The van der Waals surface area contributed by atoms with Crippen molar-refractivity contribution in [2.45, 2.75) is 32.7 Å². The standard InChI is InChI=1S/C15H23NO3/c1-12-9-16(10-13(2)19-12)7-8-18-15-5-3-14(11-17)4-6-15/h3-6,12-13,17H,7-11H2,1-2H3/t12-,13-/m0/s1. The smallest absolute Gasteiger partial charge is 0.119 e. The van der Waals surface area contributed by atoms with Gasteiger partial charge in [-0.25, -0.2) is 0 Å². The SMILES string of the molecule is C[C@H]1CN(CCOc2ccc(CO)cc2)C[C@H](C)O1. The van der Waals surface area contributed by atoms with E-state index in [0.717, 1.165) is 30.9 Å². The molecule has 1 aliphatic heterocycles. The number of ether oxygens (including phenoxy) is 2. The van der Waals surface area contributed by atoms with Crippen molar-refractivity contribution in [2.75, 3.05) is 26.2 Å². The van der Waals surface area contributed by atoms with Gasteiger partial charge in [-0.15, -0.1) is 0 Å². The molecule has 0 unspecified atom stereocenters. The first kappa shape index (κ1) is 14.3. The van der Waals surface area contributed by atoms with Crippen LogP contribution in [-0.4, -0.2) is 48.5 Å². The molecule has 1 N–H and O–H groups in total. The van der Waals surface area contributed by atoms with E-state index in [1.807, 2.05) is 24.3 Å². The molecule has 1 aliphatic rings. The summed E-state index contributed by atoms with van der Waals surface area (Å²) in [5.74, 6) is 0.853. The average molecular weight is 265 g/mol. The highest BCUT2D eigenvalue weighted by atomic mass is 16.5. The zero-order valence-corrected chi connectivity index (χ0v) is 11.7. The molecule has 4 heteroatoms. The van der Waals surface area contributed by atoms with Crippen LogP contribution in [0, 0.1) is 0 Å². The van der Waals surface area contributed by atoms with Crippen molar-refractivity contribution < 1.29 is 14.6 Å². The Labute approximate surface area is 114 Å². The largest absolute Gasteiger partial charge is 0.492 e. The van der Waals surface area contributed by atoms with Crippen molar-refractivity contribution in [1.29, 1.82) is 0 Å². The highest BCUT2D eigenvalue weighted by Crippen LogP contribution is 2.13. The Bertz CT molecular complexity index is 369. The summed E-state index contributed by atoms with van der Waals surface area (Å²) in [6.07, 6.45) is 0.597. The molecule has 1 fully saturated rings. The van der Waals surface area contributed by atoms with Gasteiger partial charge in [-0.3, -0.25) is 4.90 Å². The van der Waals surface area contributed by atoms with Gasteiger partial charge in [0, 0.05) is 19.6 Å². The second-order valence-corrected chi connectivity index (χ2v) is 5.17. The van der Waals surface area contributed by atoms with Gasteiger partial charge in [0.2, 0.25) is 0 Å². The molecule has 19 heavy (non-hydrogen) atoms. The Morgan fingerprint density at radius 2 is 1.84 bits per heavy atom. The molecule has 0 bridgehead atoms. The van der Waals surface area contributed by atoms with Crippen LogP contribution in [0.1, 0.15) is 19.4 Å². The first-order valence-electron chi connectivity index (χ1n) is 6.88. The molecule has 1 saturated heterocycles. The third-order valence-corrected chi connectivity index (χ3v) is 3.28. The van der Waals surface area contributed by atoms with Gasteiger partial charge in [-0.2, -0.15) is 0 Å². The zero-order valence-electron chi connectivity index (χ0n) is 11.7. The normalized spacial score (nSPS) is 24.4. The van der Waals surface area contributed by atoms with Crippen LogP contribution in [0.2, 0.25) is 0 Å². The van der Waals surface area contributed by atoms with Gasteiger partial charge in [-0.05, 0) is 31.5 Å². The van der Waals surface area contributed by atoms with Crippen LogP contribution in [0.5, 0.6) is 5.75 Å². The summed E-state index contributed by atoms with van der Waals surface area (Å²) in [4.78, 5) is 2.38. The average Bonchev–Trinajstić information content (AvgIpc) is 2.38. The zero-order chi connectivity index (χ0) is 13.7. The van der Waals surface area contributed by atoms with E-state index < -0.39 is 0 Å². The monoisotopic (exact) mass is 265 g/mol. The minimum Gasteiger partial charge on any atom is -0.492 e. The number of benzene rings is 1. The van der Waals surface area contributed by atoms with E-state index in [1.54, 1.807) is 0 Å². The van der Waals surface area contributed by atoms with Gasteiger partial charge < -0.3 is 14.6 Å². The van der Waals surface area contributed by atoms with Crippen LogP contribution in [0.15, 0.2) is 24.3 Å². The number of aliphatic hydroxyl groups excluding tert-OH is 1. The molecule has 0 radical (unpaired) electrons. The third-order valence-electron chi connectivity index (χ3n) is 3.28. The lowest BCUT2D eigenvalue weighted by atomic mass is 10.2. The fourth-order valence-corrected chi connectivity index (χ4v) is 2.45.